The monoisotopic (exact) mass is 286 g/mol. The average Bonchev–Trinajstić information content (AvgIpc) is 2.94. The molecule has 1 aliphatic heterocycles. The predicted molar refractivity (Wildman–Crippen MR) is 88.7 cm³/mol. The summed E-state index contributed by atoms with van der Waals surface area (Å²) in [5, 5.41) is 3.39. The van der Waals surface area contributed by atoms with Crippen LogP contribution in [0.15, 0.2) is 24.3 Å². The molecule has 114 valence electrons. The van der Waals surface area contributed by atoms with E-state index in [2.05, 4.69) is 26.3 Å². The van der Waals surface area contributed by atoms with E-state index in [9.17, 15) is 0 Å². The van der Waals surface area contributed by atoms with Crippen LogP contribution < -0.4 is 5.32 Å². The molecule has 0 unspecified atom stereocenters. The number of nitrogens with one attached hydrogen (secondary N) is 2. The lowest BCUT2D eigenvalue weighted by Gasteiger charge is -2.26. The van der Waals surface area contributed by atoms with Crippen LogP contribution in [-0.2, 0) is 0 Å². The Balaban J connectivity index is 1.31. The topological polar surface area (TPSA) is 44.0 Å². The predicted octanol–water partition coefficient (Wildman–Crippen LogP) is 3.63. The van der Waals surface area contributed by atoms with Gasteiger partial charge in [-0.05, 0) is 57.5 Å². The standard InChI is InChI=1S/C17H26N4/c1(6-12-21-13-7-2-8-14-21)5-11-18-17-19-15-9-3-4-10-16(15)20-17/h3-4,9-10H,1-2,5-8,11-14H2,(H2,18,19,20). The number of para-hydroxylation sites is 2. The first-order chi connectivity index (χ1) is 10.4. The summed E-state index contributed by atoms with van der Waals surface area (Å²) >= 11 is 0. The van der Waals surface area contributed by atoms with E-state index in [0.717, 1.165) is 23.5 Å². The van der Waals surface area contributed by atoms with Gasteiger partial charge < -0.3 is 15.2 Å². The molecule has 4 nitrogen and oxygen atoms in total. The van der Waals surface area contributed by atoms with E-state index >= 15 is 0 Å². The molecular weight excluding hydrogens is 260 g/mol. The number of rotatable bonds is 7. The van der Waals surface area contributed by atoms with Gasteiger partial charge in [-0.15, -0.1) is 0 Å². The number of fused-ring (bicyclic) bond motifs is 1. The van der Waals surface area contributed by atoms with Crippen LogP contribution in [0, 0.1) is 0 Å². The number of nitrogens with zero attached hydrogens (tertiary/aromatic N) is 2. The van der Waals surface area contributed by atoms with Gasteiger partial charge in [-0.1, -0.05) is 25.0 Å². The lowest BCUT2D eigenvalue weighted by molar-refractivity contribution is 0.224. The fourth-order valence-corrected chi connectivity index (χ4v) is 3.06. The van der Waals surface area contributed by atoms with Crippen molar-refractivity contribution in [3.05, 3.63) is 24.3 Å². The van der Waals surface area contributed by atoms with E-state index in [1.165, 1.54) is 58.2 Å². The molecule has 0 saturated carbocycles. The number of hydrogen-bond acceptors (Lipinski definition) is 3. The Morgan fingerprint density at radius 1 is 1.05 bits per heavy atom. The highest BCUT2D eigenvalue weighted by atomic mass is 15.1. The van der Waals surface area contributed by atoms with Crippen LogP contribution in [0.1, 0.15) is 38.5 Å². The van der Waals surface area contributed by atoms with Crippen LogP contribution in [0.25, 0.3) is 11.0 Å². The zero-order valence-electron chi connectivity index (χ0n) is 12.8. The van der Waals surface area contributed by atoms with Crippen LogP contribution in [0.3, 0.4) is 0 Å². The molecule has 1 aliphatic rings. The van der Waals surface area contributed by atoms with Gasteiger partial charge in [0.1, 0.15) is 0 Å². The van der Waals surface area contributed by atoms with Crippen LogP contribution in [0.4, 0.5) is 5.95 Å². The van der Waals surface area contributed by atoms with E-state index in [1.54, 1.807) is 0 Å². The van der Waals surface area contributed by atoms with Crippen LogP contribution in [0.5, 0.6) is 0 Å². The molecule has 0 aliphatic carbocycles. The summed E-state index contributed by atoms with van der Waals surface area (Å²) in [6, 6.07) is 8.15. The summed E-state index contributed by atoms with van der Waals surface area (Å²) in [6.07, 6.45) is 8.05. The summed E-state index contributed by atoms with van der Waals surface area (Å²) in [5.74, 6) is 0.896. The minimum atomic E-state index is 0.896. The van der Waals surface area contributed by atoms with Gasteiger partial charge >= 0.3 is 0 Å². The van der Waals surface area contributed by atoms with Gasteiger partial charge in [-0.2, -0.15) is 0 Å². The number of aromatic amines is 1. The number of imidazole rings is 1. The van der Waals surface area contributed by atoms with Gasteiger partial charge in [-0.3, -0.25) is 0 Å². The lowest BCUT2D eigenvalue weighted by Crippen LogP contribution is -2.30. The van der Waals surface area contributed by atoms with Crippen molar-refractivity contribution in [2.75, 3.05) is 31.5 Å². The van der Waals surface area contributed by atoms with Crippen LogP contribution >= 0.6 is 0 Å². The van der Waals surface area contributed by atoms with E-state index < -0.39 is 0 Å². The van der Waals surface area contributed by atoms with Gasteiger partial charge in [0, 0.05) is 6.54 Å². The Morgan fingerprint density at radius 3 is 2.76 bits per heavy atom. The molecule has 0 bridgehead atoms. The molecule has 1 fully saturated rings. The first-order valence-electron chi connectivity index (χ1n) is 8.33. The molecule has 0 amide bonds. The number of H-pyrrole nitrogens is 1. The maximum atomic E-state index is 4.53. The van der Waals surface area contributed by atoms with Crippen LogP contribution in [0.2, 0.25) is 0 Å². The number of aromatic nitrogens is 2. The Bertz CT molecular complexity index is 509. The number of anilines is 1. The van der Waals surface area contributed by atoms with E-state index in [4.69, 9.17) is 0 Å². The van der Waals surface area contributed by atoms with Crippen molar-refractivity contribution < 1.29 is 0 Å². The molecular formula is C17H26N4. The quantitative estimate of drug-likeness (QED) is 0.764. The van der Waals surface area contributed by atoms with Crippen molar-refractivity contribution in [1.82, 2.24) is 14.9 Å². The number of unbranched alkanes of at least 4 members (excludes halogenated alkanes) is 2. The smallest absolute Gasteiger partial charge is 0.201 e. The van der Waals surface area contributed by atoms with Crippen molar-refractivity contribution in [1.29, 1.82) is 0 Å². The maximum Gasteiger partial charge on any atom is 0.201 e. The molecule has 3 rings (SSSR count). The summed E-state index contributed by atoms with van der Waals surface area (Å²) in [5.41, 5.74) is 2.13. The van der Waals surface area contributed by atoms with Crippen molar-refractivity contribution in [2.24, 2.45) is 0 Å². The van der Waals surface area contributed by atoms with E-state index in [0.29, 0.717) is 0 Å². The first kappa shape index (κ1) is 14.4. The highest BCUT2D eigenvalue weighted by Crippen LogP contribution is 2.13. The second-order valence-corrected chi connectivity index (χ2v) is 5.99. The zero-order valence-corrected chi connectivity index (χ0v) is 12.8. The molecule has 21 heavy (non-hydrogen) atoms. The Hall–Kier alpha value is -1.55. The second-order valence-electron chi connectivity index (χ2n) is 5.99. The molecule has 0 atom stereocenters. The number of benzene rings is 1. The minimum Gasteiger partial charge on any atom is -0.356 e. The average molecular weight is 286 g/mol. The third kappa shape index (κ3) is 4.21. The van der Waals surface area contributed by atoms with Crippen molar-refractivity contribution in [3.8, 4) is 0 Å². The molecule has 1 aromatic carbocycles. The third-order valence-electron chi connectivity index (χ3n) is 4.28. The lowest BCUT2D eigenvalue weighted by atomic mass is 10.1. The van der Waals surface area contributed by atoms with Crippen molar-refractivity contribution >= 4 is 17.0 Å². The molecule has 1 saturated heterocycles. The van der Waals surface area contributed by atoms with Crippen molar-refractivity contribution in [3.63, 3.8) is 0 Å². The third-order valence-corrected chi connectivity index (χ3v) is 4.28. The maximum absolute atomic E-state index is 4.53. The fourth-order valence-electron chi connectivity index (χ4n) is 3.06. The van der Waals surface area contributed by atoms with Gasteiger partial charge in [0.05, 0.1) is 11.0 Å². The van der Waals surface area contributed by atoms with Crippen LogP contribution in [-0.4, -0.2) is 41.0 Å². The SMILES string of the molecule is c1ccc2[nH]c(NCCCCCN3CCCCC3)nc2c1. The van der Waals surface area contributed by atoms with Crippen molar-refractivity contribution in [2.45, 2.75) is 38.5 Å². The summed E-state index contributed by atoms with van der Waals surface area (Å²) in [4.78, 5) is 10.5. The summed E-state index contributed by atoms with van der Waals surface area (Å²) in [6.45, 7) is 4.92. The number of likely N-dealkylation sites (tertiary alicyclic amines) is 1. The highest BCUT2D eigenvalue weighted by Gasteiger charge is 2.08. The summed E-state index contributed by atoms with van der Waals surface area (Å²) in [7, 11) is 0. The van der Waals surface area contributed by atoms with E-state index in [1.807, 2.05) is 18.2 Å². The molecule has 0 spiro atoms. The second kappa shape index (κ2) is 7.46. The molecule has 2 N–H and O–H groups in total. The fraction of sp³-hybridized carbons (Fsp3) is 0.588. The highest BCUT2D eigenvalue weighted by molar-refractivity contribution is 5.77. The van der Waals surface area contributed by atoms with Gasteiger partial charge in [0.15, 0.2) is 0 Å². The van der Waals surface area contributed by atoms with Gasteiger partial charge in [-0.25, -0.2) is 4.98 Å². The van der Waals surface area contributed by atoms with Gasteiger partial charge in [0.25, 0.3) is 0 Å². The largest absolute Gasteiger partial charge is 0.356 e. The molecule has 4 heteroatoms. The minimum absolute atomic E-state index is 0.896. The normalized spacial score (nSPS) is 16.4. The Kier molecular flexibility index (Phi) is 5.11. The number of piperidine rings is 1. The zero-order chi connectivity index (χ0) is 14.3. The van der Waals surface area contributed by atoms with Gasteiger partial charge in [0.2, 0.25) is 5.95 Å². The summed E-state index contributed by atoms with van der Waals surface area (Å²) < 4.78 is 0. The molecule has 2 aromatic rings. The number of hydrogen-bond donors (Lipinski definition) is 2. The Morgan fingerprint density at radius 2 is 1.90 bits per heavy atom. The first-order valence-corrected chi connectivity index (χ1v) is 8.33. The Labute approximate surface area is 126 Å². The molecule has 2 heterocycles. The van der Waals surface area contributed by atoms with E-state index in [-0.39, 0.29) is 0 Å². The molecule has 0 radical (unpaired) electrons. The molecule has 1 aromatic heterocycles.